The van der Waals surface area contributed by atoms with Gasteiger partial charge >= 0.3 is 0 Å². The van der Waals surface area contributed by atoms with Crippen molar-refractivity contribution < 1.29 is 0 Å². The summed E-state index contributed by atoms with van der Waals surface area (Å²) in [5, 5.41) is 0. The minimum Gasteiger partial charge on any atom is -0.298 e. The number of hydrogen-bond donors (Lipinski definition) is 0. The van der Waals surface area contributed by atoms with Crippen LogP contribution in [0.2, 0.25) is 0 Å². The Labute approximate surface area is 96.3 Å². The first-order valence-corrected chi connectivity index (χ1v) is 6.56. The highest BCUT2D eigenvalue weighted by atomic mass is 32.1. The van der Waals surface area contributed by atoms with Crippen LogP contribution in [0, 0.1) is 5.41 Å². The monoisotopic (exact) mass is 224 g/mol. The molecule has 0 aromatic carbocycles. The van der Waals surface area contributed by atoms with E-state index in [9.17, 15) is 0 Å². The summed E-state index contributed by atoms with van der Waals surface area (Å²) in [5.74, 6) is 0. The zero-order valence-electron chi connectivity index (χ0n) is 9.92. The fourth-order valence-electron chi connectivity index (χ4n) is 1.86. The average Bonchev–Trinajstić information content (AvgIpc) is 2.60. The minimum atomic E-state index is 0.452. The Bertz CT molecular complexity index is 325. The first-order chi connectivity index (χ1) is 7.04. The highest BCUT2D eigenvalue weighted by Crippen LogP contribution is 2.24. The van der Waals surface area contributed by atoms with Gasteiger partial charge in [0, 0.05) is 24.4 Å². The third kappa shape index (κ3) is 3.02. The topological polar surface area (TPSA) is 16.1 Å². The number of hydrogen-bond acceptors (Lipinski definition) is 3. The maximum Gasteiger partial charge on any atom is 0.0798 e. The quantitative estimate of drug-likeness (QED) is 0.768. The van der Waals surface area contributed by atoms with E-state index in [-0.39, 0.29) is 0 Å². The van der Waals surface area contributed by atoms with Crippen LogP contribution in [0.1, 0.15) is 37.8 Å². The summed E-state index contributed by atoms with van der Waals surface area (Å²) in [7, 11) is 0. The molecule has 2 nitrogen and oxygen atoms in total. The van der Waals surface area contributed by atoms with Crippen molar-refractivity contribution in [1.82, 2.24) is 9.88 Å². The van der Waals surface area contributed by atoms with E-state index < -0.39 is 0 Å². The van der Waals surface area contributed by atoms with Gasteiger partial charge in [0.2, 0.25) is 0 Å². The van der Waals surface area contributed by atoms with Crippen LogP contribution < -0.4 is 0 Å². The van der Waals surface area contributed by atoms with Crippen molar-refractivity contribution in [2.45, 2.75) is 40.2 Å². The van der Waals surface area contributed by atoms with Gasteiger partial charge in [-0.3, -0.25) is 4.90 Å². The molecule has 0 fully saturated rings. The Morgan fingerprint density at radius 2 is 2.27 bits per heavy atom. The summed E-state index contributed by atoms with van der Waals surface area (Å²) in [6.07, 6.45) is 2.42. The molecule has 2 rings (SSSR count). The first kappa shape index (κ1) is 11.1. The number of thiazole rings is 1. The fraction of sp³-hybridized carbons (Fsp3) is 0.750. The Hall–Kier alpha value is -0.410. The molecule has 0 bridgehead atoms. The summed E-state index contributed by atoms with van der Waals surface area (Å²) < 4.78 is 0. The van der Waals surface area contributed by atoms with Gasteiger partial charge in [-0.05, 0) is 18.4 Å². The van der Waals surface area contributed by atoms with E-state index in [4.69, 9.17) is 0 Å². The summed E-state index contributed by atoms with van der Waals surface area (Å²) in [6, 6.07) is 0. The molecule has 0 spiro atoms. The first-order valence-electron chi connectivity index (χ1n) is 5.68. The summed E-state index contributed by atoms with van der Waals surface area (Å²) in [6.45, 7) is 10.5. The molecule has 84 valence electrons. The molecule has 0 saturated carbocycles. The Kier molecular flexibility index (Phi) is 3.12. The van der Waals surface area contributed by atoms with Crippen LogP contribution in [0.4, 0.5) is 0 Å². The average molecular weight is 224 g/mol. The lowest BCUT2D eigenvalue weighted by molar-refractivity contribution is 0.214. The fourth-order valence-corrected chi connectivity index (χ4v) is 2.71. The molecule has 1 aromatic heterocycles. The lowest BCUT2D eigenvalue weighted by atomic mass is 9.92. The molecule has 1 aromatic rings. The van der Waals surface area contributed by atoms with E-state index in [0.29, 0.717) is 5.41 Å². The minimum absolute atomic E-state index is 0.452. The Balaban J connectivity index is 1.88. The lowest BCUT2D eigenvalue weighted by Gasteiger charge is -2.29. The van der Waals surface area contributed by atoms with E-state index in [2.05, 4.69) is 30.7 Å². The molecule has 0 aliphatic carbocycles. The largest absolute Gasteiger partial charge is 0.298 e. The van der Waals surface area contributed by atoms with Crippen molar-refractivity contribution in [1.29, 1.82) is 0 Å². The van der Waals surface area contributed by atoms with Gasteiger partial charge in [0.25, 0.3) is 0 Å². The van der Waals surface area contributed by atoms with Crippen molar-refractivity contribution in [3.8, 4) is 0 Å². The Morgan fingerprint density at radius 3 is 3.00 bits per heavy atom. The van der Waals surface area contributed by atoms with Crippen LogP contribution in [0.15, 0.2) is 5.51 Å². The van der Waals surface area contributed by atoms with Crippen molar-refractivity contribution in [2.75, 3.05) is 13.1 Å². The third-order valence-corrected chi connectivity index (χ3v) is 3.80. The lowest BCUT2D eigenvalue weighted by Crippen LogP contribution is -2.32. The molecule has 2 heterocycles. The van der Waals surface area contributed by atoms with Gasteiger partial charge in [-0.15, -0.1) is 11.3 Å². The van der Waals surface area contributed by atoms with Crippen LogP contribution in [0.25, 0.3) is 0 Å². The van der Waals surface area contributed by atoms with E-state index in [0.717, 1.165) is 13.0 Å². The smallest absolute Gasteiger partial charge is 0.0798 e. The molecule has 15 heavy (non-hydrogen) atoms. The van der Waals surface area contributed by atoms with E-state index in [1.54, 1.807) is 0 Å². The third-order valence-electron chi connectivity index (χ3n) is 2.94. The number of aromatic nitrogens is 1. The van der Waals surface area contributed by atoms with Crippen molar-refractivity contribution >= 4 is 11.3 Å². The van der Waals surface area contributed by atoms with Crippen LogP contribution in [-0.4, -0.2) is 23.0 Å². The van der Waals surface area contributed by atoms with Crippen molar-refractivity contribution in [3.63, 3.8) is 0 Å². The number of nitrogens with zero attached hydrogens (tertiary/aromatic N) is 2. The maximum absolute atomic E-state index is 4.39. The summed E-state index contributed by atoms with van der Waals surface area (Å²) in [5.41, 5.74) is 3.78. The highest BCUT2D eigenvalue weighted by Gasteiger charge is 2.20. The van der Waals surface area contributed by atoms with Crippen LogP contribution in [-0.2, 0) is 13.0 Å². The van der Waals surface area contributed by atoms with Gasteiger partial charge < -0.3 is 0 Å². The molecule has 0 N–H and O–H groups in total. The summed E-state index contributed by atoms with van der Waals surface area (Å²) in [4.78, 5) is 8.43. The van der Waals surface area contributed by atoms with E-state index in [1.807, 2.05) is 16.8 Å². The van der Waals surface area contributed by atoms with E-state index >= 15 is 0 Å². The highest BCUT2D eigenvalue weighted by molar-refractivity contribution is 7.09. The molecule has 0 saturated heterocycles. The second-order valence-corrected chi connectivity index (χ2v) is 6.50. The molecule has 1 aliphatic rings. The Morgan fingerprint density at radius 1 is 1.47 bits per heavy atom. The van der Waals surface area contributed by atoms with Gasteiger partial charge in [-0.2, -0.15) is 0 Å². The van der Waals surface area contributed by atoms with E-state index in [1.165, 1.54) is 30.1 Å². The van der Waals surface area contributed by atoms with Gasteiger partial charge in [-0.1, -0.05) is 20.8 Å². The van der Waals surface area contributed by atoms with Crippen molar-refractivity contribution in [3.05, 3.63) is 16.1 Å². The molecule has 0 unspecified atom stereocenters. The predicted octanol–water partition coefficient (Wildman–Crippen LogP) is 2.94. The van der Waals surface area contributed by atoms with Crippen LogP contribution in [0.5, 0.6) is 0 Å². The molecule has 0 radical (unpaired) electrons. The van der Waals surface area contributed by atoms with Gasteiger partial charge in [-0.25, -0.2) is 4.98 Å². The van der Waals surface area contributed by atoms with Gasteiger partial charge in [0.1, 0.15) is 0 Å². The second kappa shape index (κ2) is 4.22. The van der Waals surface area contributed by atoms with Crippen LogP contribution in [0.3, 0.4) is 0 Å². The predicted molar refractivity (Wildman–Crippen MR) is 65.2 cm³/mol. The molecule has 0 amide bonds. The zero-order valence-corrected chi connectivity index (χ0v) is 10.7. The zero-order chi connectivity index (χ0) is 10.9. The summed E-state index contributed by atoms with van der Waals surface area (Å²) >= 11 is 1.81. The van der Waals surface area contributed by atoms with Crippen LogP contribution >= 0.6 is 11.3 Å². The van der Waals surface area contributed by atoms with Gasteiger partial charge in [0.15, 0.2) is 0 Å². The standard InChI is InChI=1S/C12H20N2S/c1-12(2,3)5-7-14-6-4-10-11(8-14)15-9-13-10/h9H,4-8H2,1-3H3. The molecule has 3 heteroatoms. The maximum atomic E-state index is 4.39. The second-order valence-electron chi connectivity index (χ2n) is 5.56. The molecule has 1 aliphatic heterocycles. The number of fused-ring (bicyclic) bond motifs is 1. The molecular weight excluding hydrogens is 204 g/mol. The SMILES string of the molecule is CC(C)(C)CCN1CCc2ncsc2C1. The molecular formula is C12H20N2S. The molecule has 0 atom stereocenters. The number of rotatable bonds is 2. The van der Waals surface area contributed by atoms with Gasteiger partial charge in [0.05, 0.1) is 11.2 Å². The van der Waals surface area contributed by atoms with Crippen molar-refractivity contribution in [2.24, 2.45) is 5.41 Å². The normalized spacial score (nSPS) is 17.8.